The lowest BCUT2D eigenvalue weighted by molar-refractivity contribution is -0.954. The first-order valence-corrected chi connectivity index (χ1v) is 12.0. The van der Waals surface area contributed by atoms with Crippen molar-refractivity contribution < 1.29 is 29.1 Å². The normalized spacial score (nSPS) is 15.7. The minimum absolute atomic E-state index is 0.0324. The predicted octanol–water partition coefficient (Wildman–Crippen LogP) is 3.25. The maximum Gasteiger partial charge on any atom is 0.310 e. The molecule has 31 heavy (non-hydrogen) atoms. The number of hydrogen-bond donors (Lipinski definition) is 2. The topological polar surface area (TPSA) is 107 Å². The van der Waals surface area contributed by atoms with E-state index in [-0.39, 0.29) is 22.5 Å². The second-order valence-electron chi connectivity index (χ2n) is 9.57. The van der Waals surface area contributed by atoms with E-state index < -0.39 is 23.9 Å². The van der Waals surface area contributed by atoms with Crippen molar-refractivity contribution in [3.05, 3.63) is 0 Å². The van der Waals surface area contributed by atoms with Gasteiger partial charge in [0.15, 0.2) is 0 Å². The van der Waals surface area contributed by atoms with E-state index in [1.807, 2.05) is 13.8 Å². The summed E-state index contributed by atoms with van der Waals surface area (Å²) in [5.41, 5.74) is -1.61. The predicted molar refractivity (Wildman–Crippen MR) is 121 cm³/mol. The van der Waals surface area contributed by atoms with E-state index in [4.69, 9.17) is 0 Å². The van der Waals surface area contributed by atoms with Crippen LogP contribution in [0.3, 0.4) is 0 Å². The second-order valence-corrected chi connectivity index (χ2v) is 9.57. The van der Waals surface area contributed by atoms with Gasteiger partial charge in [0.05, 0.1) is 20.1 Å². The molecule has 0 saturated carbocycles. The first-order chi connectivity index (χ1) is 14.4. The number of nitrogens with one attached hydrogen (secondary N) is 1. The van der Waals surface area contributed by atoms with Gasteiger partial charge in [-0.15, -0.1) is 0 Å². The molecular weight excluding hydrogens is 396 g/mol. The largest absolute Gasteiger partial charge is 0.544 e. The maximum absolute atomic E-state index is 12.5. The van der Waals surface area contributed by atoms with Gasteiger partial charge in [-0.3, -0.25) is 9.59 Å². The number of likely N-dealkylation sites (N-methyl/N-ethyl adjacent to an activating group) is 1. The molecule has 0 bridgehead atoms. The van der Waals surface area contributed by atoms with Gasteiger partial charge in [0.2, 0.25) is 5.91 Å². The highest BCUT2D eigenvalue weighted by Gasteiger charge is 2.49. The molecule has 0 spiro atoms. The summed E-state index contributed by atoms with van der Waals surface area (Å²) >= 11 is 0. The summed E-state index contributed by atoms with van der Waals surface area (Å²) in [6, 6.07) is -0.562. The fraction of sp³-hybridized carbons (Fsp3) is 0.875. The summed E-state index contributed by atoms with van der Waals surface area (Å²) in [4.78, 5) is 35.6. The first-order valence-electron chi connectivity index (χ1n) is 12.0. The molecule has 0 aromatic carbocycles. The van der Waals surface area contributed by atoms with E-state index in [0.29, 0.717) is 12.8 Å². The minimum Gasteiger partial charge on any atom is -0.544 e. The van der Waals surface area contributed by atoms with Crippen LogP contribution in [0.4, 0.5) is 0 Å². The summed E-state index contributed by atoms with van der Waals surface area (Å²) in [5, 5.41) is 24.1. The first kappa shape index (κ1) is 29.4. The maximum atomic E-state index is 12.5. The summed E-state index contributed by atoms with van der Waals surface area (Å²) in [6.45, 7) is 7.42. The van der Waals surface area contributed by atoms with Crippen molar-refractivity contribution in [1.82, 2.24) is 5.32 Å². The molecule has 0 fully saturated rings. The fourth-order valence-corrected chi connectivity index (χ4v) is 4.14. The number of carbonyl (C=O) groups is 3. The molecular formula is C24H46N2O5. The van der Waals surface area contributed by atoms with Crippen molar-refractivity contribution >= 4 is 17.8 Å². The number of nitrogens with zero attached hydrogens (tertiary/aromatic N) is 1. The highest BCUT2D eigenvalue weighted by molar-refractivity contribution is 5.82. The van der Waals surface area contributed by atoms with Crippen LogP contribution in [0, 0.1) is 0 Å². The Labute approximate surface area is 189 Å². The quantitative estimate of drug-likeness (QED) is 0.250. The van der Waals surface area contributed by atoms with Crippen LogP contribution in [0.15, 0.2) is 0 Å². The monoisotopic (exact) mass is 442 g/mol. The van der Waals surface area contributed by atoms with Gasteiger partial charge >= 0.3 is 5.97 Å². The number of hydrogen-bond acceptors (Lipinski definition) is 4. The number of amides is 1. The number of unbranched alkanes of at least 4 members (excludes halogenated alkanes) is 8. The highest BCUT2D eigenvalue weighted by atomic mass is 16.4. The standard InChI is InChI=1S/C24H46N2O5/c1-7-9-10-11-12-13-14-15-16-17-21(27)25-20(8-2)19(3)26(5,6)24(4,23(30)31)18-22(28)29/h19-20H,7-18H2,1-6H3,(H2-,25,27,28,29,30,31). The molecule has 0 rings (SSSR count). The Morgan fingerprint density at radius 1 is 0.968 bits per heavy atom. The number of rotatable bonds is 18. The van der Waals surface area contributed by atoms with E-state index in [1.165, 1.54) is 45.4 Å². The molecule has 0 aliphatic rings. The number of carbonyl (C=O) groups excluding carboxylic acids is 2. The Morgan fingerprint density at radius 3 is 1.87 bits per heavy atom. The van der Waals surface area contributed by atoms with Gasteiger partial charge in [0.1, 0.15) is 24.0 Å². The summed E-state index contributed by atoms with van der Waals surface area (Å²) < 4.78 is -0.0988. The van der Waals surface area contributed by atoms with E-state index in [1.54, 1.807) is 14.1 Å². The molecule has 7 heteroatoms. The van der Waals surface area contributed by atoms with Crippen molar-refractivity contribution in [2.75, 3.05) is 14.1 Å². The number of quaternary nitrogens is 1. The van der Waals surface area contributed by atoms with Crippen molar-refractivity contribution in [3.8, 4) is 0 Å². The van der Waals surface area contributed by atoms with Gasteiger partial charge in [0, 0.05) is 6.42 Å². The van der Waals surface area contributed by atoms with Crippen LogP contribution in [0.25, 0.3) is 0 Å². The number of aliphatic carboxylic acids is 2. The summed E-state index contributed by atoms with van der Waals surface area (Å²) in [5.74, 6) is -2.62. The summed E-state index contributed by atoms with van der Waals surface area (Å²) in [6.07, 6.45) is 11.2. The lowest BCUT2D eigenvalue weighted by atomic mass is 9.88. The molecule has 0 radical (unpaired) electrons. The molecule has 0 aliphatic carbocycles. The van der Waals surface area contributed by atoms with Crippen LogP contribution in [0.2, 0.25) is 0 Å². The third kappa shape index (κ3) is 9.58. The Kier molecular flexibility index (Phi) is 13.7. The molecule has 0 heterocycles. The van der Waals surface area contributed by atoms with Crippen LogP contribution < -0.4 is 10.4 Å². The van der Waals surface area contributed by atoms with E-state index >= 15 is 0 Å². The van der Waals surface area contributed by atoms with Gasteiger partial charge in [-0.1, -0.05) is 65.2 Å². The van der Waals surface area contributed by atoms with E-state index in [9.17, 15) is 24.6 Å². The lowest BCUT2D eigenvalue weighted by Gasteiger charge is -2.52. The highest BCUT2D eigenvalue weighted by Crippen LogP contribution is 2.30. The molecule has 1 amide bonds. The minimum atomic E-state index is -1.61. The Bertz CT molecular complexity index is 564. The zero-order valence-electron chi connectivity index (χ0n) is 20.7. The van der Waals surface area contributed by atoms with E-state index in [2.05, 4.69) is 12.2 Å². The molecule has 7 nitrogen and oxygen atoms in total. The van der Waals surface area contributed by atoms with Crippen molar-refractivity contribution in [1.29, 1.82) is 0 Å². The molecule has 3 atom stereocenters. The SMILES string of the molecule is CCCCCCCCCCCC(=O)NC(CC)C(C)[N+](C)(C)C(C)(CC(=O)O)C(=O)[O-]. The Balaban J connectivity index is 4.67. The smallest absolute Gasteiger partial charge is 0.310 e. The molecule has 2 N–H and O–H groups in total. The zero-order valence-corrected chi connectivity index (χ0v) is 20.7. The summed E-state index contributed by atoms with van der Waals surface area (Å²) in [7, 11) is 3.39. The van der Waals surface area contributed by atoms with Gasteiger partial charge in [-0.2, -0.15) is 0 Å². The molecule has 182 valence electrons. The Morgan fingerprint density at radius 2 is 1.45 bits per heavy atom. The molecule has 0 aromatic heterocycles. The third-order valence-corrected chi connectivity index (χ3v) is 7.10. The van der Waals surface area contributed by atoms with Crippen LogP contribution in [-0.2, 0) is 14.4 Å². The second kappa shape index (κ2) is 14.4. The van der Waals surface area contributed by atoms with E-state index in [0.717, 1.165) is 19.3 Å². The van der Waals surface area contributed by atoms with Crippen LogP contribution in [0.5, 0.6) is 0 Å². The molecule has 3 unspecified atom stereocenters. The van der Waals surface area contributed by atoms with Gasteiger partial charge in [-0.25, -0.2) is 0 Å². The van der Waals surface area contributed by atoms with Crippen LogP contribution in [0.1, 0.15) is 105 Å². The average Bonchev–Trinajstić information content (AvgIpc) is 2.69. The number of carboxylic acids is 2. The fourth-order valence-electron chi connectivity index (χ4n) is 4.14. The zero-order chi connectivity index (χ0) is 24.1. The molecule has 0 saturated heterocycles. The molecule has 0 aromatic rings. The van der Waals surface area contributed by atoms with Crippen molar-refractivity contribution in [2.24, 2.45) is 0 Å². The molecule has 0 aliphatic heterocycles. The van der Waals surface area contributed by atoms with Crippen molar-refractivity contribution in [3.63, 3.8) is 0 Å². The van der Waals surface area contributed by atoms with Gasteiger partial charge < -0.3 is 24.8 Å². The van der Waals surface area contributed by atoms with Crippen molar-refractivity contribution in [2.45, 2.75) is 122 Å². The van der Waals surface area contributed by atoms with Crippen LogP contribution >= 0.6 is 0 Å². The Hall–Kier alpha value is -1.63. The van der Waals surface area contributed by atoms with Gasteiger partial charge in [0.25, 0.3) is 0 Å². The van der Waals surface area contributed by atoms with Gasteiger partial charge in [-0.05, 0) is 26.7 Å². The van der Waals surface area contributed by atoms with Crippen LogP contribution in [-0.4, -0.2) is 59.2 Å². The number of carboxylic acid groups (broad SMARTS) is 2. The average molecular weight is 443 g/mol. The lowest BCUT2D eigenvalue weighted by Crippen LogP contribution is -2.72. The third-order valence-electron chi connectivity index (χ3n) is 7.10.